The highest BCUT2D eigenvalue weighted by Gasteiger charge is 2.36. The van der Waals surface area contributed by atoms with E-state index in [-0.39, 0.29) is 25.2 Å². The molecule has 1 aromatic rings. The summed E-state index contributed by atoms with van der Waals surface area (Å²) < 4.78 is 50.3. The van der Waals surface area contributed by atoms with E-state index in [2.05, 4.69) is 40.7 Å². The summed E-state index contributed by atoms with van der Waals surface area (Å²) in [5.74, 6) is 6.97. The molecule has 1 heterocycles. The summed E-state index contributed by atoms with van der Waals surface area (Å²) in [5.41, 5.74) is 7.63. The lowest BCUT2D eigenvalue weighted by atomic mass is 10.0. The van der Waals surface area contributed by atoms with E-state index in [0.29, 0.717) is 23.9 Å². The Hall–Kier alpha value is -4.40. The van der Waals surface area contributed by atoms with Crippen LogP contribution < -0.4 is 33.1 Å². The zero-order valence-corrected chi connectivity index (χ0v) is 20.5. The molecule has 1 saturated heterocycles. The van der Waals surface area contributed by atoms with E-state index in [1.54, 1.807) is 0 Å². The summed E-state index contributed by atoms with van der Waals surface area (Å²) in [6.45, 7) is 10.9. The molecule has 14 heteroatoms. The minimum atomic E-state index is -1.53. The molecular weight excluding hydrogens is 503 g/mol. The number of cyclic esters (lactones) is 1. The highest BCUT2D eigenvalue weighted by atomic mass is 19.2. The fraction of sp³-hybridized carbons (Fsp3) is 0.208. The number of hydrogen-bond donors (Lipinski definition) is 5. The third-order valence-electron chi connectivity index (χ3n) is 5.15. The third-order valence-corrected chi connectivity index (χ3v) is 5.15. The molecule has 0 aromatic heterocycles. The van der Waals surface area contributed by atoms with Crippen molar-refractivity contribution in [3.8, 4) is 0 Å². The molecule has 11 nitrogen and oxygen atoms in total. The van der Waals surface area contributed by atoms with Crippen LogP contribution in [0, 0.1) is 17.5 Å². The van der Waals surface area contributed by atoms with Crippen molar-refractivity contribution in [1.82, 2.24) is 15.8 Å². The number of hydrazine groups is 2. The predicted octanol–water partition coefficient (Wildman–Crippen LogP) is 1.78. The first-order valence-corrected chi connectivity index (χ1v) is 11.1. The summed E-state index contributed by atoms with van der Waals surface area (Å²) in [6, 6.07) is 0.703. The maximum Gasteiger partial charge on any atom is 0.414 e. The van der Waals surface area contributed by atoms with E-state index < -0.39 is 40.9 Å². The van der Waals surface area contributed by atoms with Crippen molar-refractivity contribution in [2.75, 3.05) is 31.1 Å². The maximum atomic E-state index is 15.1. The largest absolute Gasteiger partial charge is 0.442 e. The van der Waals surface area contributed by atoms with Crippen molar-refractivity contribution in [2.45, 2.75) is 6.10 Å². The van der Waals surface area contributed by atoms with Gasteiger partial charge in [-0.15, -0.1) is 0 Å². The lowest BCUT2D eigenvalue weighted by molar-refractivity contribution is 0.122. The number of aliphatic imine (C=N–C) groups is 2. The fourth-order valence-electron chi connectivity index (χ4n) is 3.38. The number of carbonyl (C=O) groups is 1. The van der Waals surface area contributed by atoms with Crippen LogP contribution in [0.2, 0.25) is 0 Å². The van der Waals surface area contributed by atoms with Crippen molar-refractivity contribution in [2.24, 2.45) is 27.4 Å². The molecule has 2 rings (SSSR count). The van der Waals surface area contributed by atoms with Gasteiger partial charge < -0.3 is 26.2 Å². The molecular formula is C24H30F3N9O2. The van der Waals surface area contributed by atoms with Crippen LogP contribution in [0.15, 0.2) is 70.9 Å². The van der Waals surface area contributed by atoms with Crippen LogP contribution in [0.5, 0.6) is 0 Å². The Kier molecular flexibility index (Phi) is 11.3. The number of amides is 1. The number of rotatable bonds is 14. The van der Waals surface area contributed by atoms with Crippen molar-refractivity contribution in [3.63, 3.8) is 0 Å². The van der Waals surface area contributed by atoms with Crippen molar-refractivity contribution < 1.29 is 22.7 Å². The smallest absolute Gasteiger partial charge is 0.414 e. The van der Waals surface area contributed by atoms with Gasteiger partial charge in [0.25, 0.3) is 0 Å². The van der Waals surface area contributed by atoms with Crippen molar-refractivity contribution in [1.29, 1.82) is 0 Å². The Morgan fingerprint density at radius 1 is 1.24 bits per heavy atom. The van der Waals surface area contributed by atoms with Gasteiger partial charge in [0.05, 0.1) is 30.0 Å². The van der Waals surface area contributed by atoms with Crippen LogP contribution >= 0.6 is 0 Å². The van der Waals surface area contributed by atoms with Gasteiger partial charge in [0, 0.05) is 49.5 Å². The highest BCUT2D eigenvalue weighted by Crippen LogP contribution is 2.33. The Balaban J connectivity index is 2.17. The van der Waals surface area contributed by atoms with Crippen LogP contribution in [0.4, 0.5) is 23.7 Å². The minimum absolute atomic E-state index is 0.0218. The molecule has 1 atom stereocenters. The molecule has 0 spiro atoms. The lowest BCUT2D eigenvalue weighted by Crippen LogP contribution is -2.36. The number of hydrogen-bond acceptors (Lipinski definition) is 10. The molecule has 0 aliphatic carbocycles. The van der Waals surface area contributed by atoms with E-state index in [0.717, 1.165) is 11.1 Å². The molecule has 0 saturated carbocycles. The zero-order valence-electron chi connectivity index (χ0n) is 20.5. The second-order valence-corrected chi connectivity index (χ2v) is 7.87. The average molecular weight is 534 g/mol. The molecule has 0 radical (unpaired) electrons. The van der Waals surface area contributed by atoms with Crippen molar-refractivity contribution >= 4 is 30.8 Å². The summed E-state index contributed by atoms with van der Waals surface area (Å²) in [6.07, 6.45) is 6.01. The molecule has 38 heavy (non-hydrogen) atoms. The number of allylic oxidation sites excluding steroid dienone is 2. The number of nitrogens with two attached hydrogens (primary N) is 3. The van der Waals surface area contributed by atoms with Gasteiger partial charge in [-0.25, -0.2) is 23.8 Å². The number of anilines is 1. The second kappa shape index (κ2) is 14.4. The molecule has 204 valence electrons. The Morgan fingerprint density at radius 2 is 1.97 bits per heavy atom. The normalized spacial score (nSPS) is 16.3. The molecule has 1 aromatic carbocycles. The molecule has 1 fully saturated rings. The number of nitrogens with one attached hydrogen (secondary N) is 2. The predicted molar refractivity (Wildman–Crippen MR) is 142 cm³/mol. The molecule has 1 aliphatic heterocycles. The van der Waals surface area contributed by atoms with E-state index in [1.807, 2.05) is 0 Å². The number of benzene rings is 1. The van der Waals surface area contributed by atoms with Gasteiger partial charge in [0.1, 0.15) is 11.9 Å². The molecule has 0 bridgehead atoms. The van der Waals surface area contributed by atoms with Crippen LogP contribution in [-0.2, 0) is 4.74 Å². The van der Waals surface area contributed by atoms with E-state index in [4.69, 9.17) is 22.2 Å². The molecule has 1 aliphatic rings. The van der Waals surface area contributed by atoms with Crippen LogP contribution in [0.25, 0.3) is 5.57 Å². The molecule has 1 unspecified atom stereocenters. The number of nitrogens with zero attached hydrogens (tertiary/aromatic N) is 4. The number of halogens is 3. The minimum Gasteiger partial charge on any atom is -0.442 e. The highest BCUT2D eigenvalue weighted by molar-refractivity contribution is 5.90. The first kappa shape index (κ1) is 29.8. The zero-order chi connectivity index (χ0) is 28.2. The SMILES string of the molecule is C=N/C=C\N(N)CC1CN(c2cc(F)c(C(/C=C\C(=C)CNC/C(=C/N=C)NN)=C/N)c(F)c2F)C(=O)O1. The van der Waals surface area contributed by atoms with Gasteiger partial charge in [-0.1, -0.05) is 18.7 Å². The molecule has 8 N–H and O–H groups in total. The van der Waals surface area contributed by atoms with E-state index in [1.165, 1.54) is 35.8 Å². The van der Waals surface area contributed by atoms with Crippen LogP contribution in [0.3, 0.4) is 0 Å². The van der Waals surface area contributed by atoms with Crippen LogP contribution in [0.1, 0.15) is 5.56 Å². The first-order chi connectivity index (χ1) is 18.2. The Labute approximate surface area is 218 Å². The standard InChI is InChI=1S/C24H30F3N9O2/c1-15(10-33-12-17(34-29)11-32-3)4-5-16(9-28)21-19(25)8-20(22(26)23(21)27)36-14-18(38-24(36)37)13-35(30)7-6-31-2/h4-9,11,18,33-34H,1-3,10,12-14,28-30H2/b5-4-,7-6-,16-9+,17-11-. The summed E-state index contributed by atoms with van der Waals surface area (Å²) in [5, 5.41) is 4.20. The molecule has 1 amide bonds. The maximum absolute atomic E-state index is 15.1. The topological polar surface area (TPSA) is 160 Å². The van der Waals surface area contributed by atoms with Gasteiger partial charge in [0.2, 0.25) is 0 Å². The lowest BCUT2D eigenvalue weighted by Gasteiger charge is -2.18. The van der Waals surface area contributed by atoms with Gasteiger partial charge >= 0.3 is 6.09 Å². The number of ether oxygens (including phenoxy) is 1. The Bertz CT molecular complexity index is 1180. The van der Waals surface area contributed by atoms with Gasteiger partial charge in [0.15, 0.2) is 11.6 Å². The summed E-state index contributed by atoms with van der Waals surface area (Å²) >= 11 is 0. The average Bonchev–Trinajstić information content (AvgIpc) is 3.25. The van der Waals surface area contributed by atoms with Gasteiger partial charge in [-0.05, 0) is 19.0 Å². The summed E-state index contributed by atoms with van der Waals surface area (Å²) in [7, 11) is 0. The van der Waals surface area contributed by atoms with E-state index in [9.17, 15) is 4.79 Å². The second-order valence-electron chi connectivity index (χ2n) is 7.87. The van der Waals surface area contributed by atoms with Crippen molar-refractivity contribution in [3.05, 3.63) is 83.9 Å². The van der Waals surface area contributed by atoms with Crippen LogP contribution in [-0.4, -0.2) is 56.8 Å². The monoisotopic (exact) mass is 533 g/mol. The first-order valence-electron chi connectivity index (χ1n) is 11.1. The third kappa shape index (κ3) is 7.80. The van der Waals surface area contributed by atoms with Gasteiger partial charge in [-0.2, -0.15) is 0 Å². The Morgan fingerprint density at radius 3 is 2.61 bits per heavy atom. The fourth-order valence-corrected chi connectivity index (χ4v) is 3.38. The summed E-state index contributed by atoms with van der Waals surface area (Å²) in [4.78, 5) is 20.2. The van der Waals surface area contributed by atoms with E-state index >= 15 is 13.2 Å². The van der Waals surface area contributed by atoms with Gasteiger partial charge in [-0.3, -0.25) is 20.7 Å². The quantitative estimate of drug-likeness (QED) is 0.0796. The number of carbonyl (C=O) groups excluding carboxylic acids is 1.